The molecule has 0 atom stereocenters. The Morgan fingerprint density at radius 3 is 2.72 bits per heavy atom. The molecule has 0 aromatic carbocycles. The normalized spacial score (nSPS) is 15.9. The molecule has 0 radical (unpaired) electrons. The molecule has 1 amide bonds. The Morgan fingerprint density at radius 2 is 2.08 bits per heavy atom. The highest BCUT2D eigenvalue weighted by molar-refractivity contribution is 7.08. The first-order valence-corrected chi connectivity index (χ1v) is 9.44. The number of carbonyl (C=O) groups excluding carboxylic acids is 1. The van der Waals surface area contributed by atoms with Crippen molar-refractivity contribution in [2.75, 3.05) is 18.4 Å². The van der Waals surface area contributed by atoms with Gasteiger partial charge in [-0.2, -0.15) is 11.3 Å². The van der Waals surface area contributed by atoms with Gasteiger partial charge in [0.2, 0.25) is 0 Å². The van der Waals surface area contributed by atoms with Crippen LogP contribution in [-0.2, 0) is 4.74 Å². The maximum atomic E-state index is 12.1. The molecule has 1 aliphatic heterocycles. The molecule has 7 heteroatoms. The monoisotopic (exact) mass is 360 g/mol. The van der Waals surface area contributed by atoms with E-state index in [4.69, 9.17) is 4.74 Å². The van der Waals surface area contributed by atoms with Crippen LogP contribution in [0, 0.1) is 0 Å². The lowest BCUT2D eigenvalue weighted by Crippen LogP contribution is -2.44. The molecule has 2 aromatic rings. The number of hydrogen-bond donors (Lipinski definition) is 1. The summed E-state index contributed by atoms with van der Waals surface area (Å²) < 4.78 is 5.43. The Labute approximate surface area is 152 Å². The van der Waals surface area contributed by atoms with Crippen molar-refractivity contribution >= 4 is 23.2 Å². The summed E-state index contributed by atoms with van der Waals surface area (Å²) >= 11 is 1.65. The van der Waals surface area contributed by atoms with Crippen LogP contribution < -0.4 is 5.32 Å². The quantitative estimate of drug-likeness (QED) is 0.895. The number of rotatable bonds is 3. The minimum atomic E-state index is -0.453. The van der Waals surface area contributed by atoms with Gasteiger partial charge in [0.05, 0.1) is 5.69 Å². The molecule has 6 nitrogen and oxygen atoms in total. The fourth-order valence-corrected chi connectivity index (χ4v) is 3.40. The Kier molecular flexibility index (Phi) is 5.22. The molecule has 1 aliphatic rings. The van der Waals surface area contributed by atoms with E-state index in [9.17, 15) is 4.79 Å². The number of hydrogen-bond acceptors (Lipinski definition) is 6. The molecule has 0 unspecified atom stereocenters. The van der Waals surface area contributed by atoms with E-state index in [1.807, 2.05) is 32.2 Å². The average molecular weight is 360 g/mol. The highest BCUT2D eigenvalue weighted by atomic mass is 32.1. The van der Waals surface area contributed by atoms with Gasteiger partial charge in [-0.15, -0.1) is 0 Å². The number of carbonyl (C=O) groups is 1. The first-order valence-electron chi connectivity index (χ1n) is 8.50. The van der Waals surface area contributed by atoms with Crippen LogP contribution in [0.25, 0.3) is 11.3 Å². The van der Waals surface area contributed by atoms with Gasteiger partial charge in [0, 0.05) is 36.1 Å². The summed E-state index contributed by atoms with van der Waals surface area (Å²) in [7, 11) is 0. The number of aromatic nitrogens is 2. The smallest absolute Gasteiger partial charge is 0.410 e. The van der Waals surface area contributed by atoms with Gasteiger partial charge in [0.15, 0.2) is 0 Å². The van der Waals surface area contributed by atoms with Crippen molar-refractivity contribution in [1.29, 1.82) is 0 Å². The number of amides is 1. The SMILES string of the molecule is CC(C)(C)OC(=O)N1CCC(Nc2cc(-c3ccsc3)ncn2)CC1. The highest BCUT2D eigenvalue weighted by Crippen LogP contribution is 2.23. The maximum absolute atomic E-state index is 12.1. The zero-order chi connectivity index (χ0) is 17.9. The summed E-state index contributed by atoms with van der Waals surface area (Å²) in [6, 6.07) is 4.32. The van der Waals surface area contributed by atoms with E-state index in [-0.39, 0.29) is 6.09 Å². The Hall–Kier alpha value is -2.15. The molecule has 0 saturated carbocycles. The zero-order valence-corrected chi connectivity index (χ0v) is 15.7. The predicted octanol–water partition coefficient (Wildman–Crippen LogP) is 4.02. The molecule has 1 saturated heterocycles. The predicted molar refractivity (Wildman–Crippen MR) is 99.8 cm³/mol. The van der Waals surface area contributed by atoms with E-state index in [2.05, 4.69) is 26.7 Å². The summed E-state index contributed by atoms with van der Waals surface area (Å²) in [6.45, 7) is 7.04. The molecule has 1 N–H and O–H groups in total. The standard InChI is InChI=1S/C18H24N4O2S/c1-18(2,3)24-17(23)22-7-4-14(5-8-22)21-16-10-15(19-12-20-16)13-6-9-25-11-13/h6,9-12,14H,4-5,7-8H2,1-3H3,(H,19,20,21). The second-order valence-electron chi connectivity index (χ2n) is 7.19. The summed E-state index contributed by atoms with van der Waals surface area (Å²) in [5.41, 5.74) is 1.57. The first-order chi connectivity index (χ1) is 11.9. The van der Waals surface area contributed by atoms with Crippen LogP contribution in [0.15, 0.2) is 29.2 Å². The summed E-state index contributed by atoms with van der Waals surface area (Å²) in [4.78, 5) is 22.5. The number of anilines is 1. The van der Waals surface area contributed by atoms with Crippen LogP contribution in [-0.4, -0.2) is 45.7 Å². The van der Waals surface area contributed by atoms with E-state index in [0.29, 0.717) is 19.1 Å². The molecule has 3 heterocycles. The lowest BCUT2D eigenvalue weighted by molar-refractivity contribution is 0.0210. The number of nitrogens with one attached hydrogen (secondary N) is 1. The number of ether oxygens (including phenoxy) is 1. The van der Waals surface area contributed by atoms with Gasteiger partial charge in [0.25, 0.3) is 0 Å². The van der Waals surface area contributed by atoms with Crippen LogP contribution in [0.5, 0.6) is 0 Å². The molecule has 0 bridgehead atoms. The van der Waals surface area contributed by atoms with Crippen molar-refractivity contribution in [2.45, 2.75) is 45.3 Å². The van der Waals surface area contributed by atoms with Gasteiger partial charge in [-0.1, -0.05) is 0 Å². The van der Waals surface area contributed by atoms with Gasteiger partial charge in [0.1, 0.15) is 17.7 Å². The van der Waals surface area contributed by atoms with Gasteiger partial charge in [-0.25, -0.2) is 14.8 Å². The van der Waals surface area contributed by atoms with Gasteiger partial charge in [-0.05, 0) is 45.1 Å². The lowest BCUT2D eigenvalue weighted by Gasteiger charge is -2.33. The second kappa shape index (κ2) is 7.39. The van der Waals surface area contributed by atoms with Crippen molar-refractivity contribution in [3.63, 3.8) is 0 Å². The summed E-state index contributed by atoms with van der Waals surface area (Å²) in [5.74, 6) is 0.826. The fourth-order valence-electron chi connectivity index (χ4n) is 2.75. The van der Waals surface area contributed by atoms with Crippen molar-refractivity contribution in [3.05, 3.63) is 29.2 Å². The van der Waals surface area contributed by atoms with E-state index in [1.165, 1.54) is 0 Å². The van der Waals surface area contributed by atoms with E-state index >= 15 is 0 Å². The van der Waals surface area contributed by atoms with Crippen LogP contribution in [0.1, 0.15) is 33.6 Å². The van der Waals surface area contributed by atoms with Crippen LogP contribution in [0.4, 0.5) is 10.6 Å². The number of likely N-dealkylation sites (tertiary alicyclic amines) is 1. The largest absolute Gasteiger partial charge is 0.444 e. The topological polar surface area (TPSA) is 67.3 Å². The Morgan fingerprint density at radius 1 is 1.32 bits per heavy atom. The molecule has 134 valence electrons. The molecule has 0 aliphatic carbocycles. The minimum absolute atomic E-state index is 0.229. The molecule has 25 heavy (non-hydrogen) atoms. The van der Waals surface area contributed by atoms with Crippen molar-refractivity contribution in [2.24, 2.45) is 0 Å². The zero-order valence-electron chi connectivity index (χ0n) is 14.9. The third-order valence-corrected chi connectivity index (χ3v) is 4.67. The van der Waals surface area contributed by atoms with E-state index < -0.39 is 5.60 Å². The third kappa shape index (κ3) is 4.92. The Balaban J connectivity index is 1.54. The van der Waals surface area contributed by atoms with Crippen molar-refractivity contribution in [3.8, 4) is 11.3 Å². The van der Waals surface area contributed by atoms with Gasteiger partial charge < -0.3 is 15.0 Å². The average Bonchev–Trinajstić information content (AvgIpc) is 3.09. The Bertz CT molecular complexity index is 704. The molecular weight excluding hydrogens is 336 g/mol. The molecule has 2 aromatic heterocycles. The minimum Gasteiger partial charge on any atom is -0.444 e. The third-order valence-electron chi connectivity index (χ3n) is 3.98. The lowest BCUT2D eigenvalue weighted by atomic mass is 10.1. The molecular formula is C18H24N4O2S. The maximum Gasteiger partial charge on any atom is 0.410 e. The van der Waals surface area contributed by atoms with Gasteiger partial charge in [-0.3, -0.25) is 0 Å². The van der Waals surface area contributed by atoms with Gasteiger partial charge >= 0.3 is 6.09 Å². The van der Waals surface area contributed by atoms with Crippen LogP contribution >= 0.6 is 11.3 Å². The second-order valence-corrected chi connectivity index (χ2v) is 7.97. The number of thiophene rings is 1. The summed E-state index contributed by atoms with van der Waals surface area (Å²) in [5, 5.41) is 7.58. The van der Waals surface area contributed by atoms with Crippen LogP contribution in [0.2, 0.25) is 0 Å². The molecule has 0 spiro atoms. The molecule has 3 rings (SSSR count). The van der Waals surface area contributed by atoms with E-state index in [0.717, 1.165) is 29.9 Å². The highest BCUT2D eigenvalue weighted by Gasteiger charge is 2.26. The van der Waals surface area contributed by atoms with E-state index in [1.54, 1.807) is 22.6 Å². The van der Waals surface area contributed by atoms with Crippen molar-refractivity contribution < 1.29 is 9.53 Å². The number of nitrogens with zero attached hydrogens (tertiary/aromatic N) is 3. The number of piperidine rings is 1. The van der Waals surface area contributed by atoms with Crippen molar-refractivity contribution in [1.82, 2.24) is 14.9 Å². The summed E-state index contributed by atoms with van der Waals surface area (Å²) in [6.07, 6.45) is 3.10. The molecule has 1 fully saturated rings. The van der Waals surface area contributed by atoms with Crippen LogP contribution in [0.3, 0.4) is 0 Å². The first kappa shape index (κ1) is 17.7. The fraction of sp³-hybridized carbons (Fsp3) is 0.500.